The van der Waals surface area contributed by atoms with E-state index in [4.69, 9.17) is 4.74 Å². The molecule has 2 nitrogen and oxygen atoms in total. The lowest BCUT2D eigenvalue weighted by Gasteiger charge is -2.06. The second-order valence-electron chi connectivity index (χ2n) is 3.21. The molecule has 5 heteroatoms. The molecule has 0 radical (unpaired) electrons. The van der Waals surface area contributed by atoms with Crippen LogP contribution in [-0.4, -0.2) is 18.6 Å². The van der Waals surface area contributed by atoms with E-state index in [9.17, 15) is 18.0 Å². The van der Waals surface area contributed by atoms with Crippen LogP contribution in [0.15, 0.2) is 30.3 Å². The monoisotopic (exact) mass is 232 g/mol. The van der Waals surface area contributed by atoms with Crippen molar-refractivity contribution in [2.75, 3.05) is 6.61 Å². The number of hydrogen-bond donors (Lipinski definition) is 0. The highest BCUT2D eigenvalue weighted by atomic mass is 19.4. The van der Waals surface area contributed by atoms with Gasteiger partial charge in [0.15, 0.2) is 0 Å². The number of carbonyl (C=O) groups excluding carboxylic acids is 1. The van der Waals surface area contributed by atoms with Gasteiger partial charge in [-0.1, -0.05) is 30.3 Å². The quantitative estimate of drug-likeness (QED) is 0.729. The fourth-order valence-electron chi connectivity index (χ4n) is 1.07. The molecular weight excluding hydrogens is 221 g/mol. The first-order valence-electron chi connectivity index (χ1n) is 4.72. The van der Waals surface area contributed by atoms with Crippen molar-refractivity contribution in [1.82, 2.24) is 0 Å². The molecule has 1 aromatic rings. The van der Waals surface area contributed by atoms with Crippen LogP contribution in [0.2, 0.25) is 0 Å². The van der Waals surface area contributed by atoms with Gasteiger partial charge >= 0.3 is 6.18 Å². The van der Waals surface area contributed by atoms with Gasteiger partial charge in [-0.05, 0) is 5.56 Å². The summed E-state index contributed by atoms with van der Waals surface area (Å²) in [6.45, 7) is -0.000779. The fourth-order valence-corrected chi connectivity index (χ4v) is 1.07. The second kappa shape index (κ2) is 5.65. The number of Topliss-reactive ketones (excluding diaryl/α,β-unsaturated/α-hetero) is 1. The van der Waals surface area contributed by atoms with E-state index in [1.165, 1.54) is 0 Å². The Labute approximate surface area is 91.0 Å². The van der Waals surface area contributed by atoms with Gasteiger partial charge in [-0.3, -0.25) is 4.79 Å². The molecule has 0 fully saturated rings. The predicted molar refractivity (Wildman–Crippen MR) is 51.8 cm³/mol. The summed E-state index contributed by atoms with van der Waals surface area (Å²) in [4.78, 5) is 10.5. The Balaban J connectivity index is 2.20. The minimum atomic E-state index is -4.75. The van der Waals surface area contributed by atoms with Crippen LogP contribution in [0.1, 0.15) is 12.0 Å². The zero-order valence-electron chi connectivity index (χ0n) is 8.46. The number of ketones is 1. The molecule has 88 valence electrons. The third kappa shape index (κ3) is 4.44. The van der Waals surface area contributed by atoms with Crippen molar-refractivity contribution in [3.63, 3.8) is 0 Å². The Hall–Kier alpha value is -1.36. The number of rotatable bonds is 5. The van der Waals surface area contributed by atoms with E-state index in [-0.39, 0.29) is 13.2 Å². The van der Waals surface area contributed by atoms with Crippen LogP contribution in [0.5, 0.6) is 0 Å². The maximum atomic E-state index is 11.8. The Morgan fingerprint density at radius 3 is 2.38 bits per heavy atom. The highest BCUT2D eigenvalue weighted by Gasteiger charge is 2.37. The van der Waals surface area contributed by atoms with Crippen LogP contribution in [-0.2, 0) is 16.1 Å². The first-order valence-corrected chi connectivity index (χ1v) is 4.72. The Morgan fingerprint density at radius 2 is 1.81 bits per heavy atom. The first-order chi connectivity index (χ1) is 7.50. The molecule has 0 amide bonds. The van der Waals surface area contributed by atoms with Crippen molar-refractivity contribution < 1.29 is 22.7 Å². The Kier molecular flexibility index (Phi) is 4.49. The van der Waals surface area contributed by atoms with E-state index in [2.05, 4.69) is 0 Å². The van der Waals surface area contributed by atoms with Gasteiger partial charge in [0.1, 0.15) is 0 Å². The molecule has 0 saturated heterocycles. The van der Waals surface area contributed by atoms with Crippen molar-refractivity contribution >= 4 is 5.78 Å². The van der Waals surface area contributed by atoms with Gasteiger partial charge in [0.05, 0.1) is 13.2 Å². The summed E-state index contributed by atoms with van der Waals surface area (Å²) in [6.07, 6.45) is -5.38. The lowest BCUT2D eigenvalue weighted by atomic mass is 10.2. The van der Waals surface area contributed by atoms with E-state index < -0.39 is 18.4 Å². The molecule has 0 aliphatic carbocycles. The average Bonchev–Trinajstić information content (AvgIpc) is 2.24. The molecule has 0 aliphatic heterocycles. The third-order valence-corrected chi connectivity index (χ3v) is 1.90. The lowest BCUT2D eigenvalue weighted by molar-refractivity contribution is -0.172. The van der Waals surface area contributed by atoms with E-state index in [1.807, 2.05) is 6.07 Å². The zero-order chi connectivity index (χ0) is 12.0. The van der Waals surface area contributed by atoms with E-state index >= 15 is 0 Å². The highest BCUT2D eigenvalue weighted by molar-refractivity contribution is 5.83. The van der Waals surface area contributed by atoms with E-state index in [0.29, 0.717) is 0 Å². The maximum absolute atomic E-state index is 11.8. The van der Waals surface area contributed by atoms with Crippen LogP contribution in [0.25, 0.3) is 0 Å². The zero-order valence-corrected chi connectivity index (χ0v) is 8.46. The largest absolute Gasteiger partial charge is 0.450 e. The third-order valence-electron chi connectivity index (χ3n) is 1.90. The number of ether oxygens (including phenoxy) is 1. The molecule has 0 aliphatic rings. The van der Waals surface area contributed by atoms with Gasteiger partial charge in [-0.2, -0.15) is 13.2 Å². The summed E-state index contributed by atoms with van der Waals surface area (Å²) >= 11 is 0. The van der Waals surface area contributed by atoms with Crippen molar-refractivity contribution in [3.05, 3.63) is 35.9 Å². The van der Waals surface area contributed by atoms with Crippen LogP contribution in [0.3, 0.4) is 0 Å². The minimum Gasteiger partial charge on any atom is -0.376 e. The van der Waals surface area contributed by atoms with Crippen molar-refractivity contribution in [2.24, 2.45) is 0 Å². The number of carbonyl (C=O) groups is 1. The minimum absolute atomic E-state index is 0.214. The maximum Gasteiger partial charge on any atom is 0.450 e. The van der Waals surface area contributed by atoms with Gasteiger partial charge in [0, 0.05) is 6.42 Å². The van der Waals surface area contributed by atoms with Crippen LogP contribution >= 0.6 is 0 Å². The number of benzene rings is 1. The molecule has 0 bridgehead atoms. The Bertz CT molecular complexity index is 333. The molecule has 0 atom stereocenters. The van der Waals surface area contributed by atoms with Crippen molar-refractivity contribution in [1.29, 1.82) is 0 Å². The predicted octanol–water partition coefficient (Wildman–Crippen LogP) is 2.72. The van der Waals surface area contributed by atoms with Gasteiger partial charge in [-0.15, -0.1) is 0 Å². The molecule has 0 saturated carbocycles. The molecule has 0 unspecified atom stereocenters. The van der Waals surface area contributed by atoms with Gasteiger partial charge in [-0.25, -0.2) is 0 Å². The number of hydrogen-bond acceptors (Lipinski definition) is 2. The second-order valence-corrected chi connectivity index (χ2v) is 3.21. The summed E-state index contributed by atoms with van der Waals surface area (Å²) in [7, 11) is 0. The smallest absolute Gasteiger partial charge is 0.376 e. The molecule has 0 aromatic heterocycles. The molecule has 0 spiro atoms. The van der Waals surface area contributed by atoms with Gasteiger partial charge in [0.25, 0.3) is 0 Å². The summed E-state index contributed by atoms with van der Waals surface area (Å²) in [5, 5.41) is 0. The topological polar surface area (TPSA) is 26.3 Å². The highest BCUT2D eigenvalue weighted by Crippen LogP contribution is 2.17. The van der Waals surface area contributed by atoms with Gasteiger partial charge < -0.3 is 4.74 Å². The number of alkyl halides is 3. The van der Waals surface area contributed by atoms with Crippen molar-refractivity contribution in [2.45, 2.75) is 19.2 Å². The molecule has 1 aromatic carbocycles. The normalized spacial score (nSPS) is 11.4. The van der Waals surface area contributed by atoms with Crippen LogP contribution in [0.4, 0.5) is 13.2 Å². The SMILES string of the molecule is O=C(CCOCc1ccccc1)C(F)(F)F. The van der Waals surface area contributed by atoms with Crippen LogP contribution in [0, 0.1) is 0 Å². The lowest BCUT2D eigenvalue weighted by Crippen LogP contribution is -2.23. The Morgan fingerprint density at radius 1 is 1.19 bits per heavy atom. The van der Waals surface area contributed by atoms with Gasteiger partial charge in [0.2, 0.25) is 5.78 Å². The molecule has 0 heterocycles. The molecule has 1 rings (SSSR count). The number of halogens is 3. The standard InChI is InChI=1S/C11H11F3O2/c12-11(13,14)10(15)6-7-16-8-9-4-2-1-3-5-9/h1-5H,6-8H2. The first kappa shape index (κ1) is 12.7. The summed E-state index contributed by atoms with van der Waals surface area (Å²) in [6, 6.07) is 9.03. The van der Waals surface area contributed by atoms with E-state index in [1.54, 1.807) is 24.3 Å². The summed E-state index contributed by atoms with van der Waals surface area (Å²) < 4.78 is 40.3. The molecular formula is C11H11F3O2. The van der Waals surface area contributed by atoms with E-state index in [0.717, 1.165) is 5.56 Å². The average molecular weight is 232 g/mol. The fraction of sp³-hybridized carbons (Fsp3) is 0.364. The van der Waals surface area contributed by atoms with Crippen molar-refractivity contribution in [3.8, 4) is 0 Å². The summed E-state index contributed by atoms with van der Waals surface area (Å²) in [5.41, 5.74) is 0.863. The van der Waals surface area contributed by atoms with Crippen LogP contribution < -0.4 is 0 Å². The molecule has 16 heavy (non-hydrogen) atoms. The summed E-state index contributed by atoms with van der Waals surface area (Å²) in [5.74, 6) is -1.75. The molecule has 0 N–H and O–H groups in total.